The smallest absolute Gasteiger partial charge is 0.232 e. The van der Waals surface area contributed by atoms with Crippen LogP contribution in [0.4, 0.5) is 0 Å². The fourth-order valence-corrected chi connectivity index (χ4v) is 2.15. The number of aryl methyl sites for hydroxylation is 2. The second-order valence-electron chi connectivity index (χ2n) is 4.81. The Balaban J connectivity index is 2.01. The van der Waals surface area contributed by atoms with E-state index < -0.39 is 0 Å². The summed E-state index contributed by atoms with van der Waals surface area (Å²) in [4.78, 5) is 4.30. The summed E-state index contributed by atoms with van der Waals surface area (Å²) in [6.07, 6.45) is 5.10. The Morgan fingerprint density at radius 2 is 2.24 bits per heavy atom. The van der Waals surface area contributed by atoms with E-state index in [-0.39, 0.29) is 0 Å². The molecule has 1 aliphatic rings. The summed E-state index contributed by atoms with van der Waals surface area (Å²) in [5.41, 5.74) is 2.42. The van der Waals surface area contributed by atoms with Crippen LogP contribution in [0.3, 0.4) is 0 Å². The Morgan fingerprint density at radius 3 is 2.82 bits per heavy atom. The van der Waals surface area contributed by atoms with Crippen molar-refractivity contribution in [1.29, 1.82) is 5.26 Å². The predicted molar refractivity (Wildman–Crippen MR) is 65.9 cm³/mol. The Labute approximate surface area is 102 Å². The van der Waals surface area contributed by atoms with Gasteiger partial charge < -0.3 is 4.74 Å². The monoisotopic (exact) mass is 230 g/mol. The SMILES string of the molecule is Cc1cc(C)c(C#N)c(OCCC2CCC2)n1. The van der Waals surface area contributed by atoms with Gasteiger partial charge in [-0.05, 0) is 37.8 Å². The quantitative estimate of drug-likeness (QED) is 0.798. The van der Waals surface area contributed by atoms with Gasteiger partial charge in [0.2, 0.25) is 5.88 Å². The van der Waals surface area contributed by atoms with Crippen molar-refractivity contribution in [2.75, 3.05) is 6.61 Å². The highest BCUT2D eigenvalue weighted by molar-refractivity contribution is 5.45. The van der Waals surface area contributed by atoms with E-state index in [1.54, 1.807) is 0 Å². The zero-order chi connectivity index (χ0) is 12.3. The molecule has 3 heteroatoms. The third-order valence-electron chi connectivity index (χ3n) is 3.41. The molecule has 0 saturated heterocycles. The molecule has 90 valence electrons. The molecule has 0 atom stereocenters. The van der Waals surface area contributed by atoms with Crippen LogP contribution in [0.5, 0.6) is 5.88 Å². The second kappa shape index (κ2) is 5.18. The molecule has 1 fully saturated rings. The van der Waals surface area contributed by atoms with Crippen LogP contribution in [0.15, 0.2) is 6.07 Å². The molecular weight excluding hydrogens is 212 g/mol. The first kappa shape index (κ1) is 11.9. The topological polar surface area (TPSA) is 45.9 Å². The van der Waals surface area contributed by atoms with Crippen molar-refractivity contribution in [3.8, 4) is 11.9 Å². The van der Waals surface area contributed by atoms with Crippen LogP contribution in [0.1, 0.15) is 42.5 Å². The molecule has 1 aliphatic carbocycles. The van der Waals surface area contributed by atoms with Gasteiger partial charge >= 0.3 is 0 Å². The van der Waals surface area contributed by atoms with Gasteiger partial charge in [-0.25, -0.2) is 4.98 Å². The zero-order valence-electron chi connectivity index (χ0n) is 10.5. The Morgan fingerprint density at radius 1 is 1.47 bits per heavy atom. The van der Waals surface area contributed by atoms with Gasteiger partial charge in [-0.1, -0.05) is 19.3 Å². The summed E-state index contributed by atoms with van der Waals surface area (Å²) in [7, 11) is 0. The van der Waals surface area contributed by atoms with E-state index in [4.69, 9.17) is 10.00 Å². The average Bonchev–Trinajstić information content (AvgIpc) is 2.21. The van der Waals surface area contributed by atoms with Gasteiger partial charge in [0.05, 0.1) is 6.61 Å². The molecule has 1 aromatic heterocycles. The Kier molecular flexibility index (Phi) is 3.63. The van der Waals surface area contributed by atoms with E-state index in [2.05, 4.69) is 11.1 Å². The van der Waals surface area contributed by atoms with Crippen LogP contribution >= 0.6 is 0 Å². The van der Waals surface area contributed by atoms with Crippen LogP contribution < -0.4 is 4.74 Å². The molecule has 2 rings (SSSR count). The molecule has 1 aromatic rings. The maximum absolute atomic E-state index is 9.09. The van der Waals surface area contributed by atoms with Crippen molar-refractivity contribution < 1.29 is 4.74 Å². The van der Waals surface area contributed by atoms with Crippen molar-refractivity contribution in [2.24, 2.45) is 5.92 Å². The lowest BCUT2D eigenvalue weighted by Crippen LogP contribution is -2.15. The number of aromatic nitrogens is 1. The normalized spacial score (nSPS) is 15.1. The maximum Gasteiger partial charge on any atom is 0.232 e. The van der Waals surface area contributed by atoms with Crippen molar-refractivity contribution >= 4 is 0 Å². The second-order valence-corrected chi connectivity index (χ2v) is 4.81. The van der Waals surface area contributed by atoms with Gasteiger partial charge in [0, 0.05) is 5.69 Å². The van der Waals surface area contributed by atoms with Gasteiger partial charge in [0.25, 0.3) is 0 Å². The fraction of sp³-hybridized carbons (Fsp3) is 0.571. The molecule has 0 unspecified atom stereocenters. The predicted octanol–water partition coefficient (Wildman–Crippen LogP) is 3.14. The number of hydrogen-bond acceptors (Lipinski definition) is 3. The first-order chi connectivity index (χ1) is 8.20. The summed E-state index contributed by atoms with van der Waals surface area (Å²) in [6, 6.07) is 4.08. The Bertz CT molecular complexity index is 444. The molecule has 3 nitrogen and oxygen atoms in total. The third-order valence-corrected chi connectivity index (χ3v) is 3.41. The van der Waals surface area contributed by atoms with E-state index >= 15 is 0 Å². The maximum atomic E-state index is 9.09. The molecular formula is C14H18N2O. The van der Waals surface area contributed by atoms with Gasteiger partial charge in [0.1, 0.15) is 11.6 Å². The minimum atomic E-state index is 0.504. The number of pyridine rings is 1. The fourth-order valence-electron chi connectivity index (χ4n) is 2.15. The third kappa shape index (κ3) is 2.76. The van der Waals surface area contributed by atoms with Gasteiger partial charge in [0.15, 0.2) is 0 Å². The molecule has 1 saturated carbocycles. The standard InChI is InChI=1S/C14H18N2O/c1-10-8-11(2)16-14(13(10)9-15)17-7-6-12-4-3-5-12/h8,12H,3-7H2,1-2H3. The van der Waals surface area contributed by atoms with Gasteiger partial charge in [-0.3, -0.25) is 0 Å². The Hall–Kier alpha value is -1.56. The molecule has 0 radical (unpaired) electrons. The first-order valence-corrected chi connectivity index (χ1v) is 6.22. The molecule has 0 bridgehead atoms. The number of hydrogen-bond donors (Lipinski definition) is 0. The summed E-state index contributed by atoms with van der Waals surface area (Å²) >= 11 is 0. The summed E-state index contributed by atoms with van der Waals surface area (Å²) in [6.45, 7) is 4.52. The minimum absolute atomic E-state index is 0.504. The molecule has 0 aliphatic heterocycles. The van der Waals surface area contributed by atoms with E-state index in [0.29, 0.717) is 18.1 Å². The molecule has 0 N–H and O–H groups in total. The van der Waals surface area contributed by atoms with Crippen LogP contribution in [-0.2, 0) is 0 Å². The van der Waals surface area contributed by atoms with E-state index in [1.807, 2.05) is 19.9 Å². The molecule has 17 heavy (non-hydrogen) atoms. The highest BCUT2D eigenvalue weighted by Crippen LogP contribution is 2.29. The molecule has 1 heterocycles. The largest absolute Gasteiger partial charge is 0.477 e. The van der Waals surface area contributed by atoms with Crippen LogP contribution in [0.2, 0.25) is 0 Å². The summed E-state index contributed by atoms with van der Waals surface area (Å²) < 4.78 is 5.66. The summed E-state index contributed by atoms with van der Waals surface area (Å²) in [5.74, 6) is 1.33. The van der Waals surface area contributed by atoms with E-state index in [0.717, 1.165) is 23.6 Å². The molecule has 0 spiro atoms. The van der Waals surface area contributed by atoms with Gasteiger partial charge in [-0.2, -0.15) is 5.26 Å². The number of nitrogens with zero attached hydrogens (tertiary/aromatic N) is 2. The van der Waals surface area contributed by atoms with Crippen molar-refractivity contribution in [3.63, 3.8) is 0 Å². The lowest BCUT2D eigenvalue weighted by atomic mass is 9.83. The highest BCUT2D eigenvalue weighted by atomic mass is 16.5. The summed E-state index contributed by atoms with van der Waals surface area (Å²) in [5, 5.41) is 9.09. The van der Waals surface area contributed by atoms with Gasteiger partial charge in [-0.15, -0.1) is 0 Å². The first-order valence-electron chi connectivity index (χ1n) is 6.22. The van der Waals surface area contributed by atoms with Crippen LogP contribution in [0.25, 0.3) is 0 Å². The van der Waals surface area contributed by atoms with Crippen molar-refractivity contribution in [2.45, 2.75) is 39.5 Å². The highest BCUT2D eigenvalue weighted by Gasteiger charge is 2.17. The average molecular weight is 230 g/mol. The van der Waals surface area contributed by atoms with Crippen LogP contribution in [-0.4, -0.2) is 11.6 Å². The zero-order valence-corrected chi connectivity index (χ0v) is 10.5. The lowest BCUT2D eigenvalue weighted by molar-refractivity contribution is 0.216. The number of ether oxygens (including phenoxy) is 1. The number of rotatable bonds is 4. The molecule has 0 amide bonds. The number of nitriles is 1. The molecule has 0 aromatic carbocycles. The minimum Gasteiger partial charge on any atom is -0.477 e. The lowest BCUT2D eigenvalue weighted by Gasteiger charge is -2.25. The van der Waals surface area contributed by atoms with Crippen molar-refractivity contribution in [1.82, 2.24) is 4.98 Å². The van der Waals surface area contributed by atoms with E-state index in [9.17, 15) is 0 Å². The van der Waals surface area contributed by atoms with Crippen molar-refractivity contribution in [3.05, 3.63) is 22.9 Å². The van der Waals surface area contributed by atoms with Crippen LogP contribution in [0, 0.1) is 31.1 Å². The van der Waals surface area contributed by atoms with E-state index in [1.165, 1.54) is 19.3 Å².